The predicted octanol–water partition coefficient (Wildman–Crippen LogP) is 2.24. The Morgan fingerprint density at radius 2 is 1.76 bits per heavy atom. The lowest BCUT2D eigenvalue weighted by molar-refractivity contribution is -0.130. The van der Waals surface area contributed by atoms with Gasteiger partial charge in [-0.25, -0.2) is 0 Å². The highest BCUT2D eigenvalue weighted by Crippen LogP contribution is 2.43. The van der Waals surface area contributed by atoms with Crippen molar-refractivity contribution in [1.82, 2.24) is 15.1 Å². The second kappa shape index (κ2) is 7.89. The Kier molecular flexibility index (Phi) is 5.61. The van der Waals surface area contributed by atoms with Gasteiger partial charge in [0.15, 0.2) is 5.96 Å². The zero-order valence-electron chi connectivity index (χ0n) is 15.5. The highest BCUT2D eigenvalue weighted by Gasteiger charge is 2.38. The molecule has 1 heterocycles. The van der Waals surface area contributed by atoms with E-state index >= 15 is 0 Å². The van der Waals surface area contributed by atoms with Crippen LogP contribution in [0.5, 0.6) is 0 Å². The molecule has 3 rings (SSSR count). The summed E-state index contributed by atoms with van der Waals surface area (Å²) in [5, 5.41) is 3.44. The molecule has 2 fully saturated rings. The minimum Gasteiger partial charge on any atom is -0.357 e. The quantitative estimate of drug-likeness (QED) is 0.674. The zero-order valence-corrected chi connectivity index (χ0v) is 15.5. The molecule has 1 amide bonds. The van der Waals surface area contributed by atoms with E-state index in [2.05, 4.69) is 47.5 Å². The molecule has 0 atom stereocenters. The van der Waals surface area contributed by atoms with Gasteiger partial charge in [0, 0.05) is 45.1 Å². The molecular formula is C20H30N4O. The maximum Gasteiger partial charge on any atom is 0.219 e. The minimum atomic E-state index is 0.166. The van der Waals surface area contributed by atoms with Crippen molar-refractivity contribution in [2.75, 3.05) is 39.3 Å². The Morgan fingerprint density at radius 1 is 1.12 bits per heavy atom. The van der Waals surface area contributed by atoms with Crippen LogP contribution < -0.4 is 5.32 Å². The summed E-state index contributed by atoms with van der Waals surface area (Å²) in [5.74, 6) is 1.16. The van der Waals surface area contributed by atoms with Gasteiger partial charge in [-0.05, 0) is 25.3 Å². The predicted molar refractivity (Wildman–Crippen MR) is 102 cm³/mol. The molecular weight excluding hydrogens is 312 g/mol. The molecule has 136 valence electrons. The molecule has 5 nitrogen and oxygen atoms in total. The number of aliphatic imine (C=N–C) groups is 1. The van der Waals surface area contributed by atoms with E-state index in [1.165, 1.54) is 24.8 Å². The SMILES string of the molecule is CCNC(=NCC1(c2ccccc2)CCC1)N1CCN(C(C)=O)CC1. The summed E-state index contributed by atoms with van der Waals surface area (Å²) >= 11 is 0. The second-order valence-corrected chi connectivity index (χ2v) is 7.16. The van der Waals surface area contributed by atoms with Gasteiger partial charge in [0.25, 0.3) is 0 Å². The van der Waals surface area contributed by atoms with Crippen molar-refractivity contribution < 1.29 is 4.79 Å². The van der Waals surface area contributed by atoms with Crippen LogP contribution in [-0.4, -0.2) is 60.9 Å². The molecule has 1 saturated carbocycles. The van der Waals surface area contributed by atoms with Crippen molar-refractivity contribution in [3.05, 3.63) is 35.9 Å². The number of guanidine groups is 1. The van der Waals surface area contributed by atoms with E-state index in [4.69, 9.17) is 4.99 Å². The third kappa shape index (κ3) is 3.97. The average Bonchev–Trinajstić information content (AvgIpc) is 2.61. The van der Waals surface area contributed by atoms with Crippen molar-refractivity contribution >= 4 is 11.9 Å². The summed E-state index contributed by atoms with van der Waals surface area (Å²) in [6.07, 6.45) is 3.73. The lowest BCUT2D eigenvalue weighted by Gasteiger charge is -2.42. The number of benzene rings is 1. The number of nitrogens with one attached hydrogen (secondary N) is 1. The fourth-order valence-corrected chi connectivity index (χ4v) is 3.82. The Hall–Kier alpha value is -2.04. The van der Waals surface area contributed by atoms with Crippen molar-refractivity contribution in [3.8, 4) is 0 Å². The van der Waals surface area contributed by atoms with Gasteiger partial charge in [0.1, 0.15) is 0 Å². The fraction of sp³-hybridized carbons (Fsp3) is 0.600. The van der Waals surface area contributed by atoms with Gasteiger partial charge in [-0.15, -0.1) is 0 Å². The van der Waals surface area contributed by atoms with Gasteiger partial charge < -0.3 is 15.1 Å². The topological polar surface area (TPSA) is 47.9 Å². The molecule has 0 aromatic heterocycles. The third-order valence-corrected chi connectivity index (χ3v) is 5.59. The maximum absolute atomic E-state index is 11.5. The Bertz CT molecular complexity index is 601. The smallest absolute Gasteiger partial charge is 0.219 e. The number of amides is 1. The van der Waals surface area contributed by atoms with Gasteiger partial charge in [-0.3, -0.25) is 9.79 Å². The van der Waals surface area contributed by atoms with Crippen LogP contribution in [-0.2, 0) is 10.2 Å². The van der Waals surface area contributed by atoms with Gasteiger partial charge in [-0.2, -0.15) is 0 Å². The fourth-order valence-electron chi connectivity index (χ4n) is 3.82. The molecule has 1 N–H and O–H groups in total. The number of carbonyl (C=O) groups excluding carboxylic acids is 1. The van der Waals surface area contributed by atoms with Crippen LogP contribution in [0.2, 0.25) is 0 Å². The number of nitrogens with zero attached hydrogens (tertiary/aromatic N) is 3. The summed E-state index contributed by atoms with van der Waals surface area (Å²) in [4.78, 5) is 20.7. The summed E-state index contributed by atoms with van der Waals surface area (Å²) in [6.45, 7) is 8.73. The first-order valence-corrected chi connectivity index (χ1v) is 9.49. The van der Waals surface area contributed by atoms with Crippen LogP contribution in [0.25, 0.3) is 0 Å². The van der Waals surface area contributed by atoms with E-state index in [0.717, 1.165) is 45.2 Å². The molecule has 0 radical (unpaired) electrons. The Balaban J connectivity index is 1.69. The third-order valence-electron chi connectivity index (χ3n) is 5.59. The molecule has 1 saturated heterocycles. The van der Waals surface area contributed by atoms with Gasteiger partial charge >= 0.3 is 0 Å². The van der Waals surface area contributed by atoms with Crippen molar-refractivity contribution in [3.63, 3.8) is 0 Å². The van der Waals surface area contributed by atoms with E-state index in [1.807, 2.05) is 4.90 Å². The van der Waals surface area contributed by atoms with Crippen LogP contribution in [0.4, 0.5) is 0 Å². The minimum absolute atomic E-state index is 0.166. The molecule has 25 heavy (non-hydrogen) atoms. The van der Waals surface area contributed by atoms with Crippen LogP contribution >= 0.6 is 0 Å². The van der Waals surface area contributed by atoms with Crippen molar-refractivity contribution in [1.29, 1.82) is 0 Å². The van der Waals surface area contributed by atoms with E-state index in [1.54, 1.807) is 6.92 Å². The summed E-state index contributed by atoms with van der Waals surface area (Å²) in [7, 11) is 0. The number of piperazine rings is 1. The van der Waals surface area contributed by atoms with E-state index in [0.29, 0.717) is 0 Å². The van der Waals surface area contributed by atoms with Gasteiger partial charge in [0.2, 0.25) is 5.91 Å². The molecule has 1 aromatic rings. The van der Waals surface area contributed by atoms with Crippen LogP contribution in [0.15, 0.2) is 35.3 Å². The van der Waals surface area contributed by atoms with Crippen LogP contribution in [0.1, 0.15) is 38.7 Å². The normalized spacial score (nSPS) is 20.2. The standard InChI is InChI=1S/C20H30N4O/c1-3-21-19(24-14-12-23(13-15-24)17(2)25)22-16-20(10-7-11-20)18-8-5-4-6-9-18/h4-6,8-9H,3,7,10-16H2,1-2H3,(H,21,22). The molecule has 0 spiro atoms. The molecule has 1 aliphatic carbocycles. The maximum atomic E-state index is 11.5. The summed E-state index contributed by atoms with van der Waals surface area (Å²) in [5.41, 5.74) is 1.63. The highest BCUT2D eigenvalue weighted by atomic mass is 16.2. The number of rotatable bonds is 4. The Labute approximate surface area is 151 Å². The molecule has 5 heteroatoms. The van der Waals surface area contributed by atoms with Crippen molar-refractivity contribution in [2.45, 2.75) is 38.5 Å². The lowest BCUT2D eigenvalue weighted by Crippen LogP contribution is -2.53. The van der Waals surface area contributed by atoms with Crippen molar-refractivity contribution in [2.24, 2.45) is 4.99 Å². The van der Waals surface area contributed by atoms with Crippen LogP contribution in [0, 0.1) is 0 Å². The lowest BCUT2D eigenvalue weighted by atomic mass is 9.64. The van der Waals surface area contributed by atoms with E-state index in [9.17, 15) is 4.79 Å². The molecule has 1 aliphatic heterocycles. The zero-order chi connectivity index (χ0) is 17.7. The molecule has 1 aromatic carbocycles. The second-order valence-electron chi connectivity index (χ2n) is 7.16. The number of carbonyl (C=O) groups is 1. The summed E-state index contributed by atoms with van der Waals surface area (Å²) < 4.78 is 0. The molecule has 0 unspecified atom stereocenters. The van der Waals surface area contributed by atoms with Crippen LogP contribution in [0.3, 0.4) is 0 Å². The molecule has 0 bridgehead atoms. The van der Waals surface area contributed by atoms with E-state index < -0.39 is 0 Å². The van der Waals surface area contributed by atoms with Gasteiger partial charge in [0.05, 0.1) is 6.54 Å². The largest absolute Gasteiger partial charge is 0.357 e. The number of hydrogen-bond acceptors (Lipinski definition) is 2. The first-order chi connectivity index (χ1) is 12.1. The highest BCUT2D eigenvalue weighted by molar-refractivity contribution is 5.80. The first-order valence-electron chi connectivity index (χ1n) is 9.49. The monoisotopic (exact) mass is 342 g/mol. The van der Waals surface area contributed by atoms with Gasteiger partial charge in [-0.1, -0.05) is 36.8 Å². The molecule has 2 aliphatic rings. The average molecular weight is 342 g/mol. The van der Waals surface area contributed by atoms with E-state index in [-0.39, 0.29) is 11.3 Å². The first kappa shape index (κ1) is 17.8. The Morgan fingerprint density at radius 3 is 2.28 bits per heavy atom. The number of hydrogen-bond donors (Lipinski definition) is 1. The summed E-state index contributed by atoms with van der Waals surface area (Å²) in [6, 6.07) is 10.8.